The van der Waals surface area contributed by atoms with Crippen molar-refractivity contribution < 1.29 is 4.79 Å². The number of aldehydes is 1. The maximum Gasteiger partial charge on any atom is 0.126 e. The van der Waals surface area contributed by atoms with Crippen LogP contribution in [0.1, 0.15) is 29.1 Å². The monoisotopic (exact) mass is 195 g/mol. The minimum atomic E-state index is -0.0513. The zero-order valence-electron chi connectivity index (χ0n) is 7.75. The van der Waals surface area contributed by atoms with Crippen LogP contribution in [0.15, 0.2) is 6.20 Å². The molecular formula is C10H13NOS. The van der Waals surface area contributed by atoms with E-state index in [2.05, 4.69) is 11.9 Å². The van der Waals surface area contributed by atoms with Crippen molar-refractivity contribution in [3.63, 3.8) is 0 Å². The highest BCUT2D eigenvalue weighted by Crippen LogP contribution is 2.42. The summed E-state index contributed by atoms with van der Waals surface area (Å²) in [5.74, 6) is 0. The van der Waals surface area contributed by atoms with Crippen molar-refractivity contribution in [2.45, 2.75) is 32.6 Å². The largest absolute Gasteiger partial charge is 0.303 e. The number of rotatable bonds is 3. The molecule has 1 fully saturated rings. The number of thiazole rings is 1. The Morgan fingerprint density at radius 2 is 2.46 bits per heavy atom. The molecule has 1 aromatic rings. The molecule has 1 aliphatic rings. The Morgan fingerprint density at radius 3 is 2.85 bits per heavy atom. The lowest BCUT2D eigenvalue weighted by Gasteiger charge is -2.35. The van der Waals surface area contributed by atoms with E-state index in [1.807, 2.05) is 6.20 Å². The Morgan fingerprint density at radius 1 is 1.69 bits per heavy atom. The summed E-state index contributed by atoms with van der Waals surface area (Å²) >= 11 is 1.71. The first-order chi connectivity index (χ1) is 6.24. The van der Waals surface area contributed by atoms with E-state index < -0.39 is 0 Å². The molecular weight excluding hydrogens is 182 g/mol. The van der Waals surface area contributed by atoms with E-state index in [1.54, 1.807) is 11.3 Å². The lowest BCUT2D eigenvalue weighted by molar-refractivity contribution is -0.120. The second-order valence-corrected chi connectivity index (χ2v) is 5.19. The van der Waals surface area contributed by atoms with Crippen molar-refractivity contribution in [1.29, 1.82) is 0 Å². The maximum atomic E-state index is 10.9. The van der Waals surface area contributed by atoms with Gasteiger partial charge in [0, 0.05) is 22.9 Å². The highest BCUT2D eigenvalue weighted by Gasteiger charge is 2.37. The molecule has 0 atom stereocenters. The number of carbonyl (C=O) groups excluding carboxylic acids is 1. The van der Waals surface area contributed by atoms with E-state index in [0.29, 0.717) is 0 Å². The van der Waals surface area contributed by atoms with Crippen molar-refractivity contribution in [2.24, 2.45) is 5.41 Å². The van der Waals surface area contributed by atoms with Crippen LogP contribution in [0.5, 0.6) is 0 Å². The Balaban J connectivity index is 2.08. The SMILES string of the molecule is Cc1cnc(CC2(C=O)CCC2)s1. The summed E-state index contributed by atoms with van der Waals surface area (Å²) in [5, 5.41) is 1.12. The molecule has 0 aliphatic heterocycles. The molecule has 1 heterocycles. The maximum absolute atomic E-state index is 10.9. The van der Waals surface area contributed by atoms with E-state index in [4.69, 9.17) is 0 Å². The van der Waals surface area contributed by atoms with E-state index >= 15 is 0 Å². The van der Waals surface area contributed by atoms with Crippen LogP contribution in [-0.2, 0) is 11.2 Å². The third-order valence-electron chi connectivity index (χ3n) is 2.77. The quantitative estimate of drug-likeness (QED) is 0.693. The summed E-state index contributed by atoms with van der Waals surface area (Å²) in [7, 11) is 0. The van der Waals surface area contributed by atoms with Crippen LogP contribution in [-0.4, -0.2) is 11.3 Å². The van der Waals surface area contributed by atoms with Crippen LogP contribution >= 0.6 is 11.3 Å². The normalized spacial score (nSPS) is 19.5. The summed E-state index contributed by atoms with van der Waals surface area (Å²) in [6.45, 7) is 2.05. The van der Waals surface area contributed by atoms with Gasteiger partial charge in [-0.25, -0.2) is 4.98 Å². The smallest absolute Gasteiger partial charge is 0.126 e. The Bertz CT molecular complexity index is 314. The van der Waals surface area contributed by atoms with Crippen LogP contribution in [0.2, 0.25) is 0 Å². The van der Waals surface area contributed by atoms with Gasteiger partial charge in [-0.2, -0.15) is 0 Å². The number of nitrogens with zero attached hydrogens (tertiary/aromatic N) is 1. The highest BCUT2D eigenvalue weighted by atomic mass is 32.1. The fourth-order valence-electron chi connectivity index (χ4n) is 1.75. The van der Waals surface area contributed by atoms with E-state index in [1.165, 1.54) is 11.3 Å². The van der Waals surface area contributed by atoms with Gasteiger partial charge in [0.1, 0.15) is 6.29 Å². The molecule has 0 saturated heterocycles. The average molecular weight is 195 g/mol. The first kappa shape index (κ1) is 8.88. The first-order valence-corrected chi connectivity index (χ1v) is 5.43. The van der Waals surface area contributed by atoms with E-state index in [-0.39, 0.29) is 5.41 Å². The fraction of sp³-hybridized carbons (Fsp3) is 0.600. The summed E-state index contributed by atoms with van der Waals surface area (Å²) in [4.78, 5) is 16.4. The third kappa shape index (κ3) is 1.66. The summed E-state index contributed by atoms with van der Waals surface area (Å²) in [6.07, 6.45) is 7.17. The van der Waals surface area contributed by atoms with Gasteiger partial charge in [0.25, 0.3) is 0 Å². The number of hydrogen-bond acceptors (Lipinski definition) is 3. The molecule has 1 aliphatic carbocycles. The van der Waals surface area contributed by atoms with Crippen LogP contribution < -0.4 is 0 Å². The number of hydrogen-bond donors (Lipinski definition) is 0. The molecule has 0 amide bonds. The molecule has 0 radical (unpaired) electrons. The predicted molar refractivity (Wildman–Crippen MR) is 52.9 cm³/mol. The zero-order valence-corrected chi connectivity index (χ0v) is 8.56. The van der Waals surface area contributed by atoms with Crippen LogP contribution in [0, 0.1) is 12.3 Å². The molecule has 0 bridgehead atoms. The van der Waals surface area contributed by atoms with Crippen molar-refractivity contribution in [2.75, 3.05) is 0 Å². The summed E-state index contributed by atoms with van der Waals surface area (Å²) < 4.78 is 0. The molecule has 70 valence electrons. The molecule has 0 spiro atoms. The molecule has 2 nitrogen and oxygen atoms in total. The Kier molecular flexibility index (Phi) is 2.20. The van der Waals surface area contributed by atoms with Gasteiger partial charge in [0.2, 0.25) is 0 Å². The van der Waals surface area contributed by atoms with Gasteiger partial charge in [-0.05, 0) is 19.8 Å². The highest BCUT2D eigenvalue weighted by molar-refractivity contribution is 7.11. The van der Waals surface area contributed by atoms with Crippen molar-refractivity contribution >= 4 is 17.6 Å². The minimum absolute atomic E-state index is 0.0513. The zero-order chi connectivity index (χ0) is 9.31. The van der Waals surface area contributed by atoms with Crippen LogP contribution in [0.25, 0.3) is 0 Å². The molecule has 1 saturated carbocycles. The van der Waals surface area contributed by atoms with E-state index in [9.17, 15) is 4.79 Å². The van der Waals surface area contributed by atoms with Gasteiger partial charge >= 0.3 is 0 Å². The topological polar surface area (TPSA) is 30.0 Å². The van der Waals surface area contributed by atoms with Gasteiger partial charge in [0.05, 0.1) is 5.01 Å². The van der Waals surface area contributed by atoms with Gasteiger partial charge in [-0.15, -0.1) is 11.3 Å². The van der Waals surface area contributed by atoms with Crippen molar-refractivity contribution in [3.05, 3.63) is 16.1 Å². The van der Waals surface area contributed by atoms with E-state index in [0.717, 1.165) is 30.6 Å². The van der Waals surface area contributed by atoms with Crippen LogP contribution in [0.4, 0.5) is 0 Å². The predicted octanol–water partition coefficient (Wildman–Crippen LogP) is 2.36. The third-order valence-corrected chi connectivity index (χ3v) is 3.68. The number of aryl methyl sites for hydroxylation is 1. The van der Waals surface area contributed by atoms with Gasteiger partial charge in [-0.1, -0.05) is 6.42 Å². The molecule has 13 heavy (non-hydrogen) atoms. The van der Waals surface area contributed by atoms with Crippen molar-refractivity contribution in [3.8, 4) is 0 Å². The van der Waals surface area contributed by atoms with Crippen molar-refractivity contribution in [1.82, 2.24) is 4.98 Å². The Labute approximate surface area is 82.0 Å². The summed E-state index contributed by atoms with van der Waals surface area (Å²) in [5.41, 5.74) is -0.0513. The molecule has 2 rings (SSSR count). The van der Waals surface area contributed by atoms with Gasteiger partial charge in [-0.3, -0.25) is 0 Å². The number of aromatic nitrogens is 1. The first-order valence-electron chi connectivity index (χ1n) is 4.62. The fourth-order valence-corrected chi connectivity index (χ4v) is 2.69. The molecule has 0 unspecified atom stereocenters. The molecule has 1 aromatic heterocycles. The second-order valence-electron chi connectivity index (χ2n) is 3.88. The lowest BCUT2D eigenvalue weighted by atomic mass is 9.68. The molecule has 0 N–H and O–H groups in total. The lowest BCUT2D eigenvalue weighted by Crippen LogP contribution is -2.33. The minimum Gasteiger partial charge on any atom is -0.303 e. The number of carbonyl (C=O) groups is 1. The standard InChI is InChI=1S/C10H13NOS/c1-8-6-11-9(13-8)5-10(7-12)3-2-4-10/h6-7H,2-5H2,1H3. The molecule has 0 aromatic carbocycles. The Hall–Kier alpha value is -0.700. The second kappa shape index (κ2) is 3.22. The average Bonchev–Trinajstić information content (AvgIpc) is 2.44. The van der Waals surface area contributed by atoms with Gasteiger partial charge in [0.15, 0.2) is 0 Å². The summed E-state index contributed by atoms with van der Waals surface area (Å²) in [6, 6.07) is 0. The molecule has 3 heteroatoms. The van der Waals surface area contributed by atoms with Crippen LogP contribution in [0.3, 0.4) is 0 Å². The van der Waals surface area contributed by atoms with Gasteiger partial charge < -0.3 is 4.79 Å².